The van der Waals surface area contributed by atoms with E-state index in [0.29, 0.717) is 6.04 Å². The quantitative estimate of drug-likeness (QED) is 0.775. The van der Waals surface area contributed by atoms with Crippen molar-refractivity contribution >= 4 is 5.69 Å². The van der Waals surface area contributed by atoms with Gasteiger partial charge in [0.1, 0.15) is 0 Å². The molecule has 18 heavy (non-hydrogen) atoms. The molecule has 1 N–H and O–H groups in total. The van der Waals surface area contributed by atoms with Gasteiger partial charge in [0.05, 0.1) is 0 Å². The topological polar surface area (TPSA) is 15.3 Å². The molecule has 1 aromatic carbocycles. The van der Waals surface area contributed by atoms with Crippen LogP contribution in [-0.2, 0) is 6.42 Å². The number of nitrogens with one attached hydrogen (secondary N) is 1. The fraction of sp³-hybridized carbons (Fsp3) is 0.625. The minimum Gasteiger partial charge on any atom is -0.367 e. The smallest absolute Gasteiger partial charge is 0.0412 e. The van der Waals surface area contributed by atoms with E-state index in [1.165, 1.54) is 43.5 Å². The van der Waals surface area contributed by atoms with Gasteiger partial charge >= 0.3 is 0 Å². The van der Waals surface area contributed by atoms with Crippen LogP contribution in [-0.4, -0.2) is 25.7 Å². The summed E-state index contributed by atoms with van der Waals surface area (Å²) in [7, 11) is 0. The van der Waals surface area contributed by atoms with Gasteiger partial charge in [0.2, 0.25) is 0 Å². The largest absolute Gasteiger partial charge is 0.367 e. The molecule has 2 rings (SSSR count). The van der Waals surface area contributed by atoms with Crippen molar-refractivity contribution in [2.45, 2.75) is 45.6 Å². The summed E-state index contributed by atoms with van der Waals surface area (Å²) in [6.45, 7) is 7.98. The molecule has 0 saturated heterocycles. The predicted molar refractivity (Wildman–Crippen MR) is 79.3 cm³/mol. The van der Waals surface area contributed by atoms with E-state index < -0.39 is 0 Å². The minimum atomic E-state index is 0.637. The van der Waals surface area contributed by atoms with Gasteiger partial charge in [-0.05, 0) is 43.9 Å². The highest BCUT2D eigenvalue weighted by Gasteiger charge is 2.22. The molecule has 0 spiro atoms. The first-order chi connectivity index (χ1) is 8.86. The third-order valence-electron chi connectivity index (χ3n) is 3.86. The fourth-order valence-electron chi connectivity index (χ4n) is 2.86. The second kappa shape index (κ2) is 6.79. The molecule has 0 aliphatic carbocycles. The van der Waals surface area contributed by atoms with E-state index >= 15 is 0 Å². The number of nitrogens with zero attached hydrogens (tertiary/aromatic N) is 1. The van der Waals surface area contributed by atoms with Gasteiger partial charge in [0, 0.05) is 24.8 Å². The maximum Gasteiger partial charge on any atom is 0.0412 e. The lowest BCUT2D eigenvalue weighted by Gasteiger charge is -2.38. The Bertz CT molecular complexity index is 362. The van der Waals surface area contributed by atoms with Gasteiger partial charge in [-0.2, -0.15) is 0 Å². The van der Waals surface area contributed by atoms with Crippen molar-refractivity contribution in [1.82, 2.24) is 5.32 Å². The highest BCUT2D eigenvalue weighted by molar-refractivity contribution is 5.56. The Morgan fingerprint density at radius 1 is 1.28 bits per heavy atom. The molecule has 2 nitrogen and oxygen atoms in total. The highest BCUT2D eigenvalue weighted by atomic mass is 15.2. The standard InChI is InChI=1S/C16H26N2/c1-3-11-17-13-15(4-2)18-12-7-9-14-8-5-6-10-16(14)18/h5-6,8,10,15,17H,3-4,7,9,11-13H2,1-2H3. The summed E-state index contributed by atoms with van der Waals surface area (Å²) >= 11 is 0. The third kappa shape index (κ3) is 3.05. The van der Waals surface area contributed by atoms with Gasteiger partial charge in [0.15, 0.2) is 0 Å². The Kier molecular flexibility index (Phi) is 5.06. The Balaban J connectivity index is 2.07. The second-order valence-electron chi connectivity index (χ2n) is 5.19. The number of aryl methyl sites for hydroxylation is 1. The van der Waals surface area contributed by atoms with Gasteiger partial charge in [-0.3, -0.25) is 0 Å². The van der Waals surface area contributed by atoms with Crippen LogP contribution in [0.15, 0.2) is 24.3 Å². The van der Waals surface area contributed by atoms with E-state index in [1.54, 1.807) is 0 Å². The molecular formula is C16H26N2. The van der Waals surface area contributed by atoms with Crippen LogP contribution in [0, 0.1) is 0 Å². The molecule has 0 aromatic heterocycles. The Hall–Kier alpha value is -1.02. The normalized spacial score (nSPS) is 16.4. The summed E-state index contributed by atoms with van der Waals surface area (Å²) < 4.78 is 0. The lowest BCUT2D eigenvalue weighted by Crippen LogP contribution is -2.44. The van der Waals surface area contributed by atoms with Crippen LogP contribution in [0.3, 0.4) is 0 Å². The predicted octanol–water partition coefficient (Wildman–Crippen LogP) is 3.22. The number of fused-ring (bicyclic) bond motifs is 1. The third-order valence-corrected chi connectivity index (χ3v) is 3.86. The van der Waals surface area contributed by atoms with Crippen molar-refractivity contribution in [2.75, 3.05) is 24.5 Å². The first kappa shape index (κ1) is 13.4. The van der Waals surface area contributed by atoms with Crippen LogP contribution in [0.5, 0.6) is 0 Å². The van der Waals surface area contributed by atoms with Crippen LogP contribution in [0.2, 0.25) is 0 Å². The molecule has 100 valence electrons. The lowest BCUT2D eigenvalue weighted by molar-refractivity contribution is 0.502. The maximum absolute atomic E-state index is 3.57. The highest BCUT2D eigenvalue weighted by Crippen LogP contribution is 2.28. The maximum atomic E-state index is 3.57. The first-order valence-corrected chi connectivity index (χ1v) is 7.42. The van der Waals surface area contributed by atoms with Crippen molar-refractivity contribution in [3.63, 3.8) is 0 Å². The Morgan fingerprint density at radius 2 is 2.11 bits per heavy atom. The SMILES string of the molecule is CCCNCC(CC)N1CCCc2ccccc21. The number of hydrogen-bond donors (Lipinski definition) is 1. The zero-order valence-electron chi connectivity index (χ0n) is 11.8. The Labute approximate surface area is 111 Å². The fourth-order valence-corrected chi connectivity index (χ4v) is 2.86. The van der Waals surface area contributed by atoms with Crippen molar-refractivity contribution < 1.29 is 0 Å². The molecule has 0 saturated carbocycles. The summed E-state index contributed by atoms with van der Waals surface area (Å²) in [6.07, 6.45) is 4.96. The molecule has 1 aliphatic rings. The van der Waals surface area contributed by atoms with E-state index in [9.17, 15) is 0 Å². The molecular weight excluding hydrogens is 220 g/mol. The molecule has 1 heterocycles. The van der Waals surface area contributed by atoms with Gasteiger partial charge in [-0.25, -0.2) is 0 Å². The molecule has 1 aliphatic heterocycles. The number of benzene rings is 1. The van der Waals surface area contributed by atoms with Crippen LogP contribution in [0.25, 0.3) is 0 Å². The van der Waals surface area contributed by atoms with Crippen molar-refractivity contribution in [1.29, 1.82) is 0 Å². The zero-order valence-corrected chi connectivity index (χ0v) is 11.8. The number of anilines is 1. The van der Waals surface area contributed by atoms with E-state index in [1.807, 2.05) is 0 Å². The van der Waals surface area contributed by atoms with Crippen LogP contribution in [0.4, 0.5) is 5.69 Å². The van der Waals surface area contributed by atoms with E-state index in [0.717, 1.165) is 13.1 Å². The molecule has 0 radical (unpaired) electrons. The van der Waals surface area contributed by atoms with E-state index in [2.05, 4.69) is 48.3 Å². The summed E-state index contributed by atoms with van der Waals surface area (Å²) in [5.41, 5.74) is 2.99. The zero-order chi connectivity index (χ0) is 12.8. The molecule has 1 aromatic rings. The van der Waals surface area contributed by atoms with Gasteiger partial charge < -0.3 is 10.2 Å². The monoisotopic (exact) mass is 246 g/mol. The molecule has 2 heteroatoms. The number of rotatable bonds is 6. The first-order valence-electron chi connectivity index (χ1n) is 7.42. The number of para-hydroxylation sites is 1. The Morgan fingerprint density at radius 3 is 2.89 bits per heavy atom. The van der Waals surface area contributed by atoms with Gasteiger partial charge in [-0.1, -0.05) is 32.0 Å². The van der Waals surface area contributed by atoms with E-state index in [-0.39, 0.29) is 0 Å². The summed E-state index contributed by atoms with van der Waals surface area (Å²) in [5.74, 6) is 0. The molecule has 0 bridgehead atoms. The van der Waals surface area contributed by atoms with Crippen molar-refractivity contribution in [2.24, 2.45) is 0 Å². The minimum absolute atomic E-state index is 0.637. The van der Waals surface area contributed by atoms with Gasteiger partial charge in [0.25, 0.3) is 0 Å². The lowest BCUT2D eigenvalue weighted by atomic mass is 9.99. The second-order valence-corrected chi connectivity index (χ2v) is 5.19. The van der Waals surface area contributed by atoms with Crippen LogP contribution in [0.1, 0.15) is 38.7 Å². The summed E-state index contributed by atoms with van der Waals surface area (Å²) in [6, 6.07) is 9.55. The molecule has 0 fully saturated rings. The van der Waals surface area contributed by atoms with Gasteiger partial charge in [-0.15, -0.1) is 0 Å². The van der Waals surface area contributed by atoms with Crippen LogP contribution < -0.4 is 10.2 Å². The molecule has 0 amide bonds. The van der Waals surface area contributed by atoms with Crippen molar-refractivity contribution in [3.8, 4) is 0 Å². The summed E-state index contributed by atoms with van der Waals surface area (Å²) in [5, 5.41) is 3.57. The average molecular weight is 246 g/mol. The van der Waals surface area contributed by atoms with E-state index in [4.69, 9.17) is 0 Å². The number of hydrogen-bond acceptors (Lipinski definition) is 2. The van der Waals surface area contributed by atoms with Crippen molar-refractivity contribution in [3.05, 3.63) is 29.8 Å². The van der Waals surface area contributed by atoms with Crippen LogP contribution >= 0.6 is 0 Å². The molecule has 1 atom stereocenters. The molecule has 1 unspecified atom stereocenters. The average Bonchev–Trinajstić information content (AvgIpc) is 2.43. The summed E-state index contributed by atoms with van der Waals surface area (Å²) in [4.78, 5) is 2.61.